The summed E-state index contributed by atoms with van der Waals surface area (Å²) in [7, 11) is 4.54. The minimum absolute atomic E-state index is 0. The number of fused-ring (bicyclic) bond motifs is 2. The van der Waals surface area contributed by atoms with Crippen LogP contribution in [-0.4, -0.2) is 148 Å². The van der Waals surface area contributed by atoms with Gasteiger partial charge in [-0.2, -0.15) is 10.2 Å². The van der Waals surface area contributed by atoms with E-state index in [4.69, 9.17) is 13.7 Å². The van der Waals surface area contributed by atoms with Crippen molar-refractivity contribution in [1.82, 2.24) is 50.0 Å². The number of benzene rings is 2. The summed E-state index contributed by atoms with van der Waals surface area (Å²) in [5.74, 6) is 1.34. The maximum atomic E-state index is 12.8. The van der Waals surface area contributed by atoms with Crippen LogP contribution in [0, 0.1) is 6.92 Å². The predicted molar refractivity (Wildman–Crippen MR) is 272 cm³/mol. The number of hydrogen-bond donors (Lipinski definition) is 4. The number of halogens is 1. The Morgan fingerprint density at radius 1 is 0.739 bits per heavy atom. The number of aromatic amines is 2. The van der Waals surface area contributed by atoms with Crippen molar-refractivity contribution in [2.24, 2.45) is 0 Å². The van der Waals surface area contributed by atoms with Crippen molar-refractivity contribution < 1.29 is 32.9 Å². The van der Waals surface area contributed by atoms with E-state index in [0.717, 1.165) is 55.8 Å². The fourth-order valence-electron chi connectivity index (χ4n) is 8.17. The lowest BCUT2D eigenvalue weighted by molar-refractivity contribution is -0.130. The first-order valence-corrected chi connectivity index (χ1v) is 23.2. The number of likely N-dealkylation sites (N-methyl/N-ethyl adjacent to an activating group) is 2. The smallest absolute Gasteiger partial charge is 0.455 e. The highest BCUT2D eigenvalue weighted by atomic mass is 79.9. The molecule has 0 spiro atoms. The van der Waals surface area contributed by atoms with Crippen molar-refractivity contribution in [1.29, 1.82) is 0 Å². The number of aryl methyl sites for hydroxylation is 1. The zero-order valence-electron chi connectivity index (χ0n) is 39.3. The van der Waals surface area contributed by atoms with Crippen molar-refractivity contribution >= 4 is 94.9 Å². The summed E-state index contributed by atoms with van der Waals surface area (Å²) < 4.78 is 15.5. The summed E-state index contributed by atoms with van der Waals surface area (Å²) >= 11 is 3.52. The van der Waals surface area contributed by atoms with Gasteiger partial charge in [-0.3, -0.25) is 29.4 Å². The van der Waals surface area contributed by atoms with Crippen LogP contribution in [0.25, 0.3) is 21.8 Å². The molecule has 361 valence electrons. The van der Waals surface area contributed by atoms with Crippen LogP contribution in [0.3, 0.4) is 0 Å². The normalized spacial score (nSPS) is 16.4. The zero-order chi connectivity index (χ0) is 48.5. The fourth-order valence-corrected chi connectivity index (χ4v) is 8.68. The van der Waals surface area contributed by atoms with Gasteiger partial charge >= 0.3 is 21.9 Å². The lowest BCUT2D eigenvalue weighted by atomic mass is 9.80. The van der Waals surface area contributed by atoms with Gasteiger partial charge in [-0.15, -0.1) is 0 Å². The molecule has 3 aliphatic heterocycles. The summed E-state index contributed by atoms with van der Waals surface area (Å²) in [6, 6.07) is 15.6. The third-order valence-electron chi connectivity index (χ3n) is 12.2. The molecular formula is C46H59B3BrN12O7. The van der Waals surface area contributed by atoms with E-state index in [1.165, 1.54) is 7.69 Å². The molecule has 4 amide bonds. The molecule has 0 saturated carbocycles. The molecule has 7 heterocycles. The first-order chi connectivity index (χ1) is 32.6. The van der Waals surface area contributed by atoms with Gasteiger partial charge in [0.15, 0.2) is 0 Å². The predicted octanol–water partition coefficient (Wildman–Crippen LogP) is 6.05. The Balaban J connectivity index is 0.000000193. The Morgan fingerprint density at radius 2 is 1.20 bits per heavy atom. The highest BCUT2D eigenvalue weighted by Crippen LogP contribution is 2.25. The number of carbonyl (C=O) groups is 4. The first-order valence-electron chi connectivity index (χ1n) is 22.4. The SMILES string of the molecule is C.CB1O[B]OB(C)O1.CC(=O)N(C)[C@H]1CCN(C(=O)c2ccc(NCc3cc(Br)cc4[nH]ncc34)nc2)C1.CC(=O)N(C)[C@H]1CCN(C(=O)c2ccc(NCc3cc(C)cc4[nH]ncc34)nc2)C1. The number of anilines is 2. The molecule has 4 N–H and O–H groups in total. The second kappa shape index (κ2) is 23.8. The molecule has 4 aromatic heterocycles. The molecule has 9 rings (SSSR count). The molecule has 0 aliphatic carbocycles. The molecule has 3 saturated heterocycles. The highest BCUT2D eigenvalue weighted by Gasteiger charge is 2.32. The molecule has 19 nitrogen and oxygen atoms in total. The number of nitrogens with one attached hydrogen (secondary N) is 4. The van der Waals surface area contributed by atoms with Crippen molar-refractivity contribution in [3.8, 4) is 0 Å². The number of amides is 4. The molecule has 6 aromatic rings. The van der Waals surface area contributed by atoms with Gasteiger partial charge in [0, 0.05) is 94.9 Å². The van der Waals surface area contributed by atoms with Crippen molar-refractivity contribution in [3.63, 3.8) is 0 Å². The van der Waals surface area contributed by atoms with Gasteiger partial charge in [0.1, 0.15) is 11.6 Å². The Hall–Kier alpha value is -6.29. The Bertz CT molecular complexity index is 2530. The first kappa shape index (κ1) is 52.1. The van der Waals surface area contributed by atoms with E-state index in [-0.39, 0.29) is 57.4 Å². The van der Waals surface area contributed by atoms with Gasteiger partial charge in [-0.1, -0.05) is 29.4 Å². The minimum atomic E-state index is -0.168. The molecule has 3 aliphatic rings. The van der Waals surface area contributed by atoms with Crippen molar-refractivity contribution in [3.05, 3.63) is 106 Å². The van der Waals surface area contributed by atoms with Crippen LogP contribution in [0.2, 0.25) is 13.6 Å². The van der Waals surface area contributed by atoms with Crippen LogP contribution in [0.1, 0.15) is 71.5 Å². The molecule has 1 radical (unpaired) electrons. The third-order valence-corrected chi connectivity index (χ3v) is 12.7. The van der Waals surface area contributed by atoms with Crippen LogP contribution in [0.15, 0.2) is 77.8 Å². The highest BCUT2D eigenvalue weighted by molar-refractivity contribution is 9.10. The number of likely N-dealkylation sites (tertiary alicyclic amines) is 2. The van der Waals surface area contributed by atoms with E-state index in [1.807, 2.05) is 44.1 Å². The van der Waals surface area contributed by atoms with Gasteiger partial charge < -0.3 is 43.9 Å². The van der Waals surface area contributed by atoms with Crippen molar-refractivity contribution in [2.45, 2.75) is 79.9 Å². The van der Waals surface area contributed by atoms with Crippen LogP contribution in [-0.2, 0) is 36.4 Å². The average molecular weight is 1000 g/mol. The van der Waals surface area contributed by atoms with Crippen LogP contribution >= 0.6 is 15.9 Å². The molecule has 3 fully saturated rings. The molecule has 23 heteroatoms. The standard InChI is InChI=1S/C22H26N6O2.C21H23BrN6O2.C2H6B3O3.CH4/c1-14-8-17(19-12-25-26-20(19)9-14)11-24-21-5-4-16(10-23-21)22(30)28-7-6-18(13-28)27(3)15(2)29;1-13(29)27(2)17-5-6-28(12-17)21(30)14-3-4-20(23-9-14)24-10-15-7-16(22)8-19-18(15)11-25-26-19;1-4-6-3-7-5(2)8-4;/h4-5,8-10,12,18H,6-7,11,13H2,1-3H3,(H,23,24)(H,25,26);3-4,7-9,11,17H,5-6,10,12H2,1-2H3,(H,23,24)(H,25,26);1-2H3;1H4/t18-;17-;;/m00../s1. The molecule has 0 bridgehead atoms. The topological polar surface area (TPSA) is 216 Å². The number of rotatable bonds is 10. The Morgan fingerprint density at radius 3 is 1.62 bits per heavy atom. The van der Waals surface area contributed by atoms with Crippen LogP contribution in [0.4, 0.5) is 11.6 Å². The minimum Gasteiger partial charge on any atom is -0.455 e. The van der Waals surface area contributed by atoms with E-state index >= 15 is 0 Å². The number of aromatic nitrogens is 6. The quantitative estimate of drug-likeness (QED) is 0.115. The monoisotopic (exact) mass is 1000 g/mol. The van der Waals surface area contributed by atoms with E-state index < -0.39 is 0 Å². The van der Waals surface area contributed by atoms with E-state index in [9.17, 15) is 19.2 Å². The maximum absolute atomic E-state index is 12.8. The average Bonchev–Trinajstić information content (AvgIpc) is 4.18. The molecular weight excluding hydrogens is 945 g/mol. The van der Waals surface area contributed by atoms with Gasteiger partial charge in [0.05, 0.1) is 46.6 Å². The Labute approximate surface area is 412 Å². The number of H-pyrrole nitrogens is 2. The number of nitrogens with zero attached hydrogens (tertiary/aromatic N) is 8. The van der Waals surface area contributed by atoms with E-state index in [1.54, 1.807) is 78.3 Å². The Kier molecular flexibility index (Phi) is 18.0. The van der Waals surface area contributed by atoms with Crippen LogP contribution < -0.4 is 10.6 Å². The summed E-state index contributed by atoms with van der Waals surface area (Å²) in [4.78, 5) is 64.5. The van der Waals surface area contributed by atoms with Crippen molar-refractivity contribution in [2.75, 3.05) is 50.9 Å². The lowest BCUT2D eigenvalue weighted by Gasteiger charge is -2.23. The second-order valence-corrected chi connectivity index (χ2v) is 17.9. The summed E-state index contributed by atoms with van der Waals surface area (Å²) in [5, 5.41) is 22.9. The molecule has 69 heavy (non-hydrogen) atoms. The summed E-state index contributed by atoms with van der Waals surface area (Å²) in [6.07, 6.45) is 8.43. The molecule has 0 unspecified atom stereocenters. The number of pyridine rings is 2. The van der Waals surface area contributed by atoms with Gasteiger partial charge in [0.2, 0.25) is 11.8 Å². The van der Waals surface area contributed by atoms with E-state index in [0.29, 0.717) is 62.0 Å². The van der Waals surface area contributed by atoms with Gasteiger partial charge in [-0.05, 0) is 92.6 Å². The lowest BCUT2D eigenvalue weighted by Crippen LogP contribution is -2.38. The summed E-state index contributed by atoms with van der Waals surface area (Å²) in [6.45, 7) is 12.4. The molecule has 2 aromatic carbocycles. The van der Waals surface area contributed by atoms with E-state index in [2.05, 4.69) is 76.0 Å². The fraction of sp³-hybridized carbons (Fsp3) is 0.391. The number of hydrogen-bond acceptors (Lipinski definition) is 13. The number of carbonyl (C=O) groups excluding carboxylic acids is 4. The zero-order valence-corrected chi connectivity index (χ0v) is 40.9. The van der Waals surface area contributed by atoms with Gasteiger partial charge in [-0.25, -0.2) is 9.97 Å². The molecule has 2 atom stereocenters. The second-order valence-electron chi connectivity index (χ2n) is 17.0. The summed E-state index contributed by atoms with van der Waals surface area (Å²) in [5.41, 5.74) is 6.48. The largest absolute Gasteiger partial charge is 0.458 e. The maximum Gasteiger partial charge on any atom is 0.458 e. The van der Waals surface area contributed by atoms with Crippen LogP contribution in [0.5, 0.6) is 0 Å². The third kappa shape index (κ3) is 13.5. The van der Waals surface area contributed by atoms with Gasteiger partial charge in [0.25, 0.3) is 11.8 Å².